The molecule has 3 heterocycles. The lowest BCUT2D eigenvalue weighted by Crippen LogP contribution is -2.60. The molecule has 3 aromatic rings. The Kier molecular flexibility index (Phi) is 18.7. The molecule has 1 aromatic heterocycles. The molecule has 0 bridgehead atoms. The molecule has 12 heteroatoms. The molecule has 4 atom stereocenters. The maximum atomic E-state index is 13.4. The first-order chi connectivity index (χ1) is 30.1. The molecule has 344 valence electrons. The van der Waals surface area contributed by atoms with Crippen molar-refractivity contribution in [3.8, 4) is 28.3 Å². The van der Waals surface area contributed by atoms with Gasteiger partial charge in [0.05, 0.1) is 24.4 Å². The monoisotopic (exact) mass is 885 g/mol. The summed E-state index contributed by atoms with van der Waals surface area (Å²) in [6, 6.07) is 14.0. The average Bonchev–Trinajstić information content (AvgIpc) is 3.68. The predicted molar refractivity (Wildman–Crippen MR) is 258 cm³/mol. The summed E-state index contributed by atoms with van der Waals surface area (Å²) in [6.07, 6.45) is 10.0. The molecule has 1 saturated heterocycles. The van der Waals surface area contributed by atoms with E-state index in [4.69, 9.17) is 26.1 Å². The van der Waals surface area contributed by atoms with Crippen LogP contribution in [0.3, 0.4) is 0 Å². The summed E-state index contributed by atoms with van der Waals surface area (Å²) in [5.74, 6) is 1.53. The highest BCUT2D eigenvalue weighted by Crippen LogP contribution is 2.45. The molecule has 4 unspecified atom stereocenters. The van der Waals surface area contributed by atoms with E-state index in [0.29, 0.717) is 41.5 Å². The van der Waals surface area contributed by atoms with Crippen LogP contribution in [0.2, 0.25) is 5.02 Å². The number of methoxy groups -OCH3 is 2. The topological polar surface area (TPSA) is 116 Å². The number of halogens is 1. The van der Waals surface area contributed by atoms with Crippen LogP contribution in [0, 0.1) is 5.92 Å². The Hall–Kier alpha value is -4.87. The second-order valence-corrected chi connectivity index (χ2v) is 17.4. The van der Waals surface area contributed by atoms with Crippen molar-refractivity contribution in [1.29, 1.82) is 0 Å². The molecule has 11 nitrogen and oxygen atoms in total. The third-order valence-corrected chi connectivity index (χ3v) is 13.5. The number of carbonyl (C=O) groups excluding carboxylic acids is 3. The molecule has 0 radical (unpaired) electrons. The van der Waals surface area contributed by atoms with Crippen LogP contribution in [0.15, 0.2) is 66.6 Å². The van der Waals surface area contributed by atoms with Gasteiger partial charge in [0.1, 0.15) is 11.4 Å². The number of aryl methyl sites for hydroxylation is 1. The van der Waals surface area contributed by atoms with Gasteiger partial charge in [0.15, 0.2) is 0 Å². The van der Waals surface area contributed by atoms with Crippen molar-refractivity contribution < 1.29 is 23.9 Å². The highest BCUT2D eigenvalue weighted by atomic mass is 35.5. The molecular weight excluding hydrogens is 812 g/mol. The summed E-state index contributed by atoms with van der Waals surface area (Å²) in [7, 11) is 6.69. The van der Waals surface area contributed by atoms with Crippen molar-refractivity contribution in [2.75, 3.05) is 53.3 Å². The van der Waals surface area contributed by atoms with Gasteiger partial charge in [0, 0.05) is 68.4 Å². The van der Waals surface area contributed by atoms with Crippen molar-refractivity contribution in [3.05, 3.63) is 88.4 Å². The lowest BCUT2D eigenvalue weighted by Gasteiger charge is -2.42. The van der Waals surface area contributed by atoms with Gasteiger partial charge >= 0.3 is 6.03 Å². The van der Waals surface area contributed by atoms with Gasteiger partial charge in [0.2, 0.25) is 5.88 Å². The second kappa shape index (κ2) is 23.2. The molecule has 63 heavy (non-hydrogen) atoms. The Morgan fingerprint density at radius 2 is 1.73 bits per heavy atom. The highest BCUT2D eigenvalue weighted by molar-refractivity contribution is 6.36. The zero-order valence-corrected chi connectivity index (χ0v) is 40.8. The fourth-order valence-electron chi connectivity index (χ4n) is 8.50. The SMILES string of the molecule is C=C1N(C)C=C(C(=O)Nc2cccc(-c3cccc(-c4cc5c(c(OC)n4)C(C)CC5)c3Cl)c2C(C)CC)C(=O)N1C.CC.CCC(C)CCC1(CC)CCN(CCOC)C(=O)N1. The van der Waals surface area contributed by atoms with Crippen LogP contribution in [-0.2, 0) is 20.7 Å². The zero-order chi connectivity index (χ0) is 46.6. The molecule has 0 saturated carbocycles. The number of benzene rings is 2. The number of pyridine rings is 1. The Morgan fingerprint density at radius 1 is 1.05 bits per heavy atom. The molecule has 2 aromatic carbocycles. The van der Waals surface area contributed by atoms with E-state index in [1.165, 1.54) is 35.1 Å². The number of hydrogen-bond donors (Lipinski definition) is 2. The maximum Gasteiger partial charge on any atom is 0.317 e. The van der Waals surface area contributed by atoms with E-state index in [1.54, 1.807) is 33.2 Å². The number of fused-ring (bicyclic) bond motifs is 1. The minimum atomic E-state index is -0.476. The summed E-state index contributed by atoms with van der Waals surface area (Å²) in [5.41, 5.74) is 7.46. The van der Waals surface area contributed by atoms with Crippen molar-refractivity contribution in [3.63, 3.8) is 0 Å². The van der Waals surface area contributed by atoms with Crippen molar-refractivity contribution in [2.45, 2.75) is 124 Å². The number of carbonyl (C=O) groups is 3. The number of nitrogens with zero attached hydrogens (tertiary/aromatic N) is 4. The van der Waals surface area contributed by atoms with Gasteiger partial charge in [-0.2, -0.15) is 0 Å². The van der Waals surface area contributed by atoms with Crippen LogP contribution in [0.25, 0.3) is 22.4 Å². The van der Waals surface area contributed by atoms with Gasteiger partial charge in [-0.05, 0) is 91.5 Å². The van der Waals surface area contributed by atoms with Crippen molar-refractivity contribution in [2.24, 2.45) is 5.92 Å². The van der Waals surface area contributed by atoms with Gasteiger partial charge in [0.25, 0.3) is 11.8 Å². The summed E-state index contributed by atoms with van der Waals surface area (Å²) in [5, 5.41) is 6.85. The molecule has 3 aliphatic rings. The highest BCUT2D eigenvalue weighted by Gasteiger charge is 2.36. The number of nitrogens with one attached hydrogen (secondary N) is 2. The fraction of sp³-hybridized carbons (Fsp3) is 0.529. The minimum Gasteiger partial charge on any atom is -0.481 e. The van der Waals surface area contributed by atoms with Crippen LogP contribution >= 0.6 is 11.6 Å². The summed E-state index contributed by atoms with van der Waals surface area (Å²) in [4.78, 5) is 48.3. The molecule has 1 aliphatic carbocycles. The Labute approximate surface area is 382 Å². The van der Waals surface area contributed by atoms with E-state index in [2.05, 4.69) is 64.8 Å². The fourth-order valence-corrected chi connectivity index (χ4v) is 8.83. The Bertz CT molecular complexity index is 2120. The number of aromatic nitrogens is 1. The number of urea groups is 1. The van der Waals surface area contributed by atoms with Crippen LogP contribution < -0.4 is 15.4 Å². The molecular formula is C51H73ClN6O5. The smallest absolute Gasteiger partial charge is 0.317 e. The van der Waals surface area contributed by atoms with E-state index < -0.39 is 11.8 Å². The van der Waals surface area contributed by atoms with Gasteiger partial charge in [-0.15, -0.1) is 0 Å². The normalized spacial score (nSPS) is 19.2. The predicted octanol–water partition coefficient (Wildman–Crippen LogP) is 11.4. The molecule has 0 spiro atoms. The van der Waals surface area contributed by atoms with Gasteiger partial charge in [-0.3, -0.25) is 14.5 Å². The van der Waals surface area contributed by atoms with Crippen LogP contribution in [-0.4, -0.2) is 91.1 Å². The first-order valence-electron chi connectivity index (χ1n) is 22.9. The Morgan fingerprint density at radius 3 is 2.37 bits per heavy atom. The molecule has 2 aliphatic heterocycles. The van der Waals surface area contributed by atoms with E-state index in [1.807, 2.05) is 55.1 Å². The maximum absolute atomic E-state index is 13.4. The average molecular weight is 886 g/mol. The molecule has 4 amide bonds. The van der Waals surface area contributed by atoms with Gasteiger partial charge in [-0.1, -0.05) is 110 Å². The Balaban J connectivity index is 0.000000348. The zero-order valence-electron chi connectivity index (χ0n) is 40.0. The summed E-state index contributed by atoms with van der Waals surface area (Å²) in [6.45, 7) is 23.2. The number of likely N-dealkylation sites (N-methyl/N-ethyl adjacent to an activating group) is 1. The van der Waals surface area contributed by atoms with Crippen LogP contribution in [0.1, 0.15) is 129 Å². The second-order valence-electron chi connectivity index (χ2n) is 17.0. The van der Waals surface area contributed by atoms with Crippen LogP contribution in [0.4, 0.5) is 10.5 Å². The third kappa shape index (κ3) is 11.6. The van der Waals surface area contributed by atoms with Crippen molar-refractivity contribution >= 4 is 35.1 Å². The number of amides is 4. The van der Waals surface area contributed by atoms with Gasteiger partial charge < -0.3 is 29.9 Å². The van der Waals surface area contributed by atoms with Gasteiger partial charge in [-0.25, -0.2) is 9.78 Å². The quantitative estimate of drug-likeness (QED) is 0.146. The van der Waals surface area contributed by atoms with Crippen LogP contribution in [0.5, 0.6) is 5.88 Å². The summed E-state index contributed by atoms with van der Waals surface area (Å²) < 4.78 is 10.7. The first kappa shape index (κ1) is 50.8. The third-order valence-electron chi connectivity index (χ3n) is 13.1. The number of rotatable bonds is 15. The standard InChI is InChI=1S/C34H37ClN4O3.C15H30N2O2.C2H6/c1-8-19(2)30-23(11-10-14-27(30)36-32(40)26-18-38(5)21(4)39(6)34(26)41)24-12-9-13-25(31(24)35)28-17-22-16-15-20(3)29(22)33(37-28)42-7;1-5-13(3)7-8-15(6-2)9-10-17(11-12-19-4)14(18)16-15;1-2/h9-14,17-20H,4,8,15-16H2,1-3,5-7H3,(H,36,40);13H,5-12H2,1-4H3,(H,16,18);1-2H3. The van der Waals surface area contributed by atoms with E-state index in [0.717, 1.165) is 78.9 Å². The largest absolute Gasteiger partial charge is 0.481 e. The lowest BCUT2D eigenvalue weighted by atomic mass is 9.82. The van der Waals surface area contributed by atoms with E-state index >= 15 is 0 Å². The van der Waals surface area contributed by atoms with Crippen molar-refractivity contribution in [1.82, 2.24) is 25.0 Å². The van der Waals surface area contributed by atoms with E-state index in [-0.39, 0.29) is 23.1 Å². The minimum absolute atomic E-state index is 0.0179. The molecule has 1 fully saturated rings. The molecule has 6 rings (SSSR count). The molecule has 2 N–H and O–H groups in total. The number of hydrogen-bond acceptors (Lipinski definition) is 7. The summed E-state index contributed by atoms with van der Waals surface area (Å²) >= 11 is 7.18. The first-order valence-corrected chi connectivity index (χ1v) is 23.3. The van der Waals surface area contributed by atoms with E-state index in [9.17, 15) is 14.4 Å². The number of ether oxygens (including phenoxy) is 2. The number of anilines is 1. The lowest BCUT2D eigenvalue weighted by molar-refractivity contribution is -0.128.